The lowest BCUT2D eigenvalue weighted by atomic mass is 10.1. The Bertz CT molecular complexity index is 1140. The molecular weight excluding hydrogens is 358 g/mol. The second-order valence-electron chi connectivity index (χ2n) is 8.12. The summed E-state index contributed by atoms with van der Waals surface area (Å²) >= 11 is 0. The minimum Gasteiger partial charge on any atom is -0.372 e. The highest BCUT2D eigenvalue weighted by molar-refractivity contribution is 5.90. The van der Waals surface area contributed by atoms with Gasteiger partial charge in [-0.1, -0.05) is 24.3 Å². The van der Waals surface area contributed by atoms with Gasteiger partial charge in [0.05, 0.1) is 11.0 Å². The first-order valence-corrected chi connectivity index (χ1v) is 10.2. The van der Waals surface area contributed by atoms with E-state index in [0.717, 1.165) is 34.4 Å². The quantitative estimate of drug-likeness (QED) is 0.505. The molecule has 4 rings (SSSR count). The van der Waals surface area contributed by atoms with Crippen LogP contribution in [0, 0.1) is 0 Å². The standard InChI is InChI=1S/C24H29N5/c1-16(2)28(4)20-13-11-18-10-12-19(26-22(18)15-20)14-17(3)25-24-21-8-6-7-9-23(21)29(5)27-24/h6-13,15-17H,14H2,1-5H3,(H,25,27). The Labute approximate surface area is 172 Å². The van der Waals surface area contributed by atoms with Crippen LogP contribution in [0.5, 0.6) is 0 Å². The molecule has 0 aliphatic carbocycles. The van der Waals surface area contributed by atoms with E-state index in [1.807, 2.05) is 17.8 Å². The molecule has 4 aromatic rings. The monoisotopic (exact) mass is 387 g/mol. The van der Waals surface area contributed by atoms with Crippen LogP contribution in [0.2, 0.25) is 0 Å². The Morgan fingerprint density at radius 3 is 2.59 bits per heavy atom. The highest BCUT2D eigenvalue weighted by Crippen LogP contribution is 2.24. The van der Waals surface area contributed by atoms with Crippen LogP contribution in [0.1, 0.15) is 26.5 Å². The molecule has 5 nitrogen and oxygen atoms in total. The van der Waals surface area contributed by atoms with Gasteiger partial charge in [-0.25, -0.2) is 0 Å². The van der Waals surface area contributed by atoms with Crippen molar-refractivity contribution in [3.8, 4) is 0 Å². The van der Waals surface area contributed by atoms with E-state index in [2.05, 4.69) is 91.7 Å². The van der Waals surface area contributed by atoms with E-state index < -0.39 is 0 Å². The number of rotatable bonds is 6. The molecule has 0 saturated carbocycles. The molecule has 1 atom stereocenters. The van der Waals surface area contributed by atoms with Gasteiger partial charge in [-0.15, -0.1) is 0 Å². The summed E-state index contributed by atoms with van der Waals surface area (Å²) in [6, 6.07) is 19.8. The highest BCUT2D eigenvalue weighted by Gasteiger charge is 2.12. The average molecular weight is 388 g/mol. The molecule has 2 heterocycles. The first-order chi connectivity index (χ1) is 13.9. The van der Waals surface area contributed by atoms with Crippen LogP contribution in [0.25, 0.3) is 21.8 Å². The number of anilines is 2. The fraction of sp³-hybridized carbons (Fsp3) is 0.333. The summed E-state index contributed by atoms with van der Waals surface area (Å²) in [7, 11) is 4.10. The Kier molecular flexibility index (Phi) is 5.14. The van der Waals surface area contributed by atoms with Crippen LogP contribution in [-0.4, -0.2) is 33.9 Å². The van der Waals surface area contributed by atoms with Gasteiger partial charge < -0.3 is 10.2 Å². The number of aromatic nitrogens is 3. The smallest absolute Gasteiger partial charge is 0.156 e. The van der Waals surface area contributed by atoms with Crippen molar-refractivity contribution in [3.63, 3.8) is 0 Å². The Morgan fingerprint density at radius 2 is 1.79 bits per heavy atom. The molecule has 0 saturated heterocycles. The molecule has 0 amide bonds. The van der Waals surface area contributed by atoms with E-state index in [4.69, 9.17) is 4.98 Å². The van der Waals surface area contributed by atoms with Gasteiger partial charge in [-0.3, -0.25) is 9.67 Å². The zero-order valence-corrected chi connectivity index (χ0v) is 17.8. The molecule has 2 aromatic carbocycles. The second-order valence-corrected chi connectivity index (χ2v) is 8.12. The number of nitrogens with zero attached hydrogens (tertiary/aromatic N) is 4. The minimum atomic E-state index is 0.222. The summed E-state index contributed by atoms with van der Waals surface area (Å²) in [4.78, 5) is 7.20. The summed E-state index contributed by atoms with van der Waals surface area (Å²) in [5.74, 6) is 0.928. The number of fused-ring (bicyclic) bond motifs is 2. The van der Waals surface area contributed by atoms with Crippen LogP contribution in [0.3, 0.4) is 0 Å². The van der Waals surface area contributed by atoms with Crippen molar-refractivity contribution in [2.45, 2.75) is 39.3 Å². The van der Waals surface area contributed by atoms with E-state index in [9.17, 15) is 0 Å². The molecule has 0 fully saturated rings. The van der Waals surface area contributed by atoms with Crippen molar-refractivity contribution in [2.75, 3.05) is 17.3 Å². The summed E-state index contributed by atoms with van der Waals surface area (Å²) in [5.41, 5.74) is 4.46. The highest BCUT2D eigenvalue weighted by atomic mass is 15.3. The Morgan fingerprint density at radius 1 is 1.03 bits per heavy atom. The van der Waals surface area contributed by atoms with Gasteiger partial charge in [0, 0.05) is 54.8 Å². The van der Waals surface area contributed by atoms with Gasteiger partial charge in [-0.2, -0.15) is 5.10 Å². The third-order valence-electron chi connectivity index (χ3n) is 5.57. The molecule has 2 aromatic heterocycles. The fourth-order valence-corrected chi connectivity index (χ4v) is 3.70. The van der Waals surface area contributed by atoms with Crippen molar-refractivity contribution in [1.82, 2.24) is 14.8 Å². The number of para-hydroxylation sites is 1. The van der Waals surface area contributed by atoms with Gasteiger partial charge >= 0.3 is 0 Å². The Hall–Kier alpha value is -3.08. The minimum absolute atomic E-state index is 0.222. The first-order valence-electron chi connectivity index (χ1n) is 10.2. The molecule has 0 aliphatic rings. The first kappa shape index (κ1) is 19.2. The second kappa shape index (κ2) is 7.74. The maximum atomic E-state index is 4.93. The number of benzene rings is 2. The van der Waals surface area contributed by atoms with E-state index in [1.165, 1.54) is 11.1 Å². The summed E-state index contributed by atoms with van der Waals surface area (Å²) in [5, 5.41) is 10.5. The zero-order chi connectivity index (χ0) is 20.5. The van der Waals surface area contributed by atoms with Crippen molar-refractivity contribution < 1.29 is 0 Å². The molecule has 0 spiro atoms. The lowest BCUT2D eigenvalue weighted by molar-refractivity contribution is 0.748. The average Bonchev–Trinajstić information content (AvgIpc) is 3.02. The molecular formula is C24H29N5. The largest absolute Gasteiger partial charge is 0.372 e. The summed E-state index contributed by atoms with van der Waals surface area (Å²) in [6.07, 6.45) is 0.838. The molecule has 0 aliphatic heterocycles. The van der Waals surface area contributed by atoms with Crippen molar-refractivity contribution in [3.05, 3.63) is 60.3 Å². The molecule has 1 unspecified atom stereocenters. The number of hydrogen-bond acceptors (Lipinski definition) is 4. The third kappa shape index (κ3) is 3.90. The number of nitrogens with one attached hydrogen (secondary N) is 1. The number of pyridine rings is 1. The predicted molar refractivity (Wildman–Crippen MR) is 123 cm³/mol. The maximum Gasteiger partial charge on any atom is 0.156 e. The normalized spacial score (nSPS) is 12.6. The van der Waals surface area contributed by atoms with E-state index in [0.29, 0.717) is 6.04 Å². The molecule has 1 N–H and O–H groups in total. The van der Waals surface area contributed by atoms with E-state index >= 15 is 0 Å². The zero-order valence-electron chi connectivity index (χ0n) is 17.8. The fourth-order valence-electron chi connectivity index (χ4n) is 3.70. The SMILES string of the molecule is CC(Cc1ccc2ccc(N(C)C(C)C)cc2n1)Nc1nn(C)c2ccccc12. The van der Waals surface area contributed by atoms with Crippen LogP contribution in [-0.2, 0) is 13.5 Å². The van der Waals surface area contributed by atoms with Crippen LogP contribution in [0.15, 0.2) is 54.6 Å². The molecule has 0 radical (unpaired) electrons. The molecule has 5 heteroatoms. The van der Waals surface area contributed by atoms with E-state index in [1.54, 1.807) is 0 Å². The van der Waals surface area contributed by atoms with E-state index in [-0.39, 0.29) is 6.04 Å². The molecule has 150 valence electrons. The maximum absolute atomic E-state index is 4.93. The van der Waals surface area contributed by atoms with Crippen molar-refractivity contribution >= 4 is 33.3 Å². The van der Waals surface area contributed by atoms with Gasteiger partial charge in [0.2, 0.25) is 0 Å². The predicted octanol–water partition coefficient (Wildman–Crippen LogP) is 5.01. The lowest BCUT2D eigenvalue weighted by Crippen LogP contribution is -2.25. The third-order valence-corrected chi connectivity index (χ3v) is 5.57. The van der Waals surface area contributed by atoms with Gasteiger partial charge in [-0.05, 0) is 51.1 Å². The summed E-state index contributed by atoms with van der Waals surface area (Å²) < 4.78 is 1.92. The Balaban J connectivity index is 1.55. The van der Waals surface area contributed by atoms with Crippen LogP contribution >= 0.6 is 0 Å². The molecule has 0 bridgehead atoms. The lowest BCUT2D eigenvalue weighted by Gasteiger charge is -2.24. The van der Waals surface area contributed by atoms with Gasteiger partial charge in [0.15, 0.2) is 5.82 Å². The number of aryl methyl sites for hydroxylation is 1. The van der Waals surface area contributed by atoms with Crippen molar-refractivity contribution in [2.24, 2.45) is 7.05 Å². The van der Waals surface area contributed by atoms with Crippen molar-refractivity contribution in [1.29, 1.82) is 0 Å². The topological polar surface area (TPSA) is 46.0 Å². The number of hydrogen-bond donors (Lipinski definition) is 1. The molecule has 29 heavy (non-hydrogen) atoms. The van der Waals surface area contributed by atoms with Crippen LogP contribution in [0.4, 0.5) is 11.5 Å². The van der Waals surface area contributed by atoms with Gasteiger partial charge in [0.1, 0.15) is 0 Å². The van der Waals surface area contributed by atoms with Crippen LogP contribution < -0.4 is 10.2 Å². The summed E-state index contributed by atoms with van der Waals surface area (Å²) in [6.45, 7) is 6.57. The van der Waals surface area contributed by atoms with Gasteiger partial charge in [0.25, 0.3) is 0 Å².